The summed E-state index contributed by atoms with van der Waals surface area (Å²) >= 11 is 0. The van der Waals surface area contributed by atoms with E-state index in [1.54, 1.807) is 0 Å². The first-order valence-electron chi connectivity index (χ1n) is 7.18. The molecule has 5 heteroatoms. The molecule has 1 aliphatic heterocycles. The van der Waals surface area contributed by atoms with Crippen LogP contribution in [0, 0.1) is 0 Å². The zero-order valence-electron chi connectivity index (χ0n) is 12.4. The fourth-order valence-electron chi connectivity index (χ4n) is 2.93. The second kappa shape index (κ2) is 5.00. The lowest BCUT2D eigenvalue weighted by molar-refractivity contribution is -0.126. The van der Waals surface area contributed by atoms with Crippen LogP contribution in [-0.2, 0) is 11.3 Å². The van der Waals surface area contributed by atoms with Crippen LogP contribution in [0.4, 0.5) is 5.69 Å². The molecule has 1 amide bonds. The number of carbonyl (C=O) groups is 1. The zero-order valence-corrected chi connectivity index (χ0v) is 12.4. The Bertz CT molecular complexity index is 696. The molecule has 0 saturated carbocycles. The molecule has 2 heterocycles. The Morgan fingerprint density at radius 2 is 2.14 bits per heavy atom. The van der Waals surface area contributed by atoms with Gasteiger partial charge in [-0.05, 0) is 19.9 Å². The molecule has 1 saturated heterocycles. The molecule has 1 fully saturated rings. The van der Waals surface area contributed by atoms with Crippen molar-refractivity contribution in [2.24, 2.45) is 5.73 Å². The van der Waals surface area contributed by atoms with Gasteiger partial charge in [0.25, 0.3) is 0 Å². The Morgan fingerprint density at radius 1 is 1.38 bits per heavy atom. The standard InChI is InChI=1S/C16H20N4O/c1-16(2)15(21)18-7-8-20(16)14-11(9-17)10-19-13-6-4-3-5-12(13)14/h3-6,10H,7-9,17H2,1-2H3,(H,18,21). The molecule has 2 aromatic rings. The highest BCUT2D eigenvalue weighted by atomic mass is 16.2. The van der Waals surface area contributed by atoms with Crippen LogP contribution >= 0.6 is 0 Å². The van der Waals surface area contributed by atoms with Crippen molar-refractivity contribution in [3.8, 4) is 0 Å². The Labute approximate surface area is 124 Å². The number of amides is 1. The van der Waals surface area contributed by atoms with Crippen molar-refractivity contribution in [1.82, 2.24) is 10.3 Å². The van der Waals surface area contributed by atoms with E-state index in [4.69, 9.17) is 5.73 Å². The SMILES string of the molecule is CC1(C)C(=O)NCCN1c1c(CN)cnc2ccccc12. The largest absolute Gasteiger partial charge is 0.355 e. The van der Waals surface area contributed by atoms with Crippen LogP contribution in [0.25, 0.3) is 10.9 Å². The highest BCUT2D eigenvalue weighted by Crippen LogP contribution is 2.34. The molecule has 0 spiro atoms. The lowest BCUT2D eigenvalue weighted by atomic mass is 9.95. The van der Waals surface area contributed by atoms with Gasteiger partial charge in [-0.2, -0.15) is 0 Å². The van der Waals surface area contributed by atoms with E-state index in [0.29, 0.717) is 13.1 Å². The molecule has 0 aliphatic carbocycles. The normalized spacial score (nSPS) is 17.9. The zero-order chi connectivity index (χ0) is 15.0. The monoisotopic (exact) mass is 284 g/mol. The van der Waals surface area contributed by atoms with Crippen molar-refractivity contribution in [2.75, 3.05) is 18.0 Å². The summed E-state index contributed by atoms with van der Waals surface area (Å²) in [5.41, 5.74) is 8.22. The van der Waals surface area contributed by atoms with E-state index in [1.807, 2.05) is 44.3 Å². The number of fused-ring (bicyclic) bond motifs is 1. The van der Waals surface area contributed by atoms with Crippen molar-refractivity contribution in [2.45, 2.75) is 25.9 Å². The molecular weight excluding hydrogens is 264 g/mol. The summed E-state index contributed by atoms with van der Waals surface area (Å²) < 4.78 is 0. The number of para-hydroxylation sites is 1. The second-order valence-electron chi connectivity index (χ2n) is 5.82. The molecule has 3 rings (SSSR count). The van der Waals surface area contributed by atoms with Gasteiger partial charge in [0.1, 0.15) is 5.54 Å². The van der Waals surface area contributed by atoms with Crippen molar-refractivity contribution in [3.05, 3.63) is 36.0 Å². The lowest BCUT2D eigenvalue weighted by Crippen LogP contribution is -2.62. The van der Waals surface area contributed by atoms with Gasteiger partial charge in [-0.3, -0.25) is 9.78 Å². The fourth-order valence-corrected chi connectivity index (χ4v) is 2.93. The van der Waals surface area contributed by atoms with Crippen LogP contribution < -0.4 is 16.0 Å². The molecule has 0 radical (unpaired) electrons. The highest BCUT2D eigenvalue weighted by molar-refractivity contribution is 5.98. The van der Waals surface area contributed by atoms with Crippen molar-refractivity contribution < 1.29 is 4.79 Å². The van der Waals surface area contributed by atoms with Crippen LogP contribution in [0.3, 0.4) is 0 Å². The topological polar surface area (TPSA) is 71.2 Å². The molecule has 110 valence electrons. The number of nitrogens with one attached hydrogen (secondary N) is 1. The number of hydrogen-bond donors (Lipinski definition) is 2. The summed E-state index contributed by atoms with van der Waals surface area (Å²) in [6.07, 6.45) is 1.82. The summed E-state index contributed by atoms with van der Waals surface area (Å²) in [4.78, 5) is 18.9. The number of pyridine rings is 1. The van der Waals surface area contributed by atoms with Gasteiger partial charge in [-0.15, -0.1) is 0 Å². The Morgan fingerprint density at radius 3 is 2.90 bits per heavy atom. The summed E-state index contributed by atoms with van der Waals surface area (Å²) in [7, 11) is 0. The molecular formula is C16H20N4O. The molecule has 0 bridgehead atoms. The van der Waals surface area contributed by atoms with Gasteiger partial charge in [0.05, 0.1) is 11.2 Å². The third kappa shape index (κ3) is 2.14. The Hall–Kier alpha value is -2.14. The minimum absolute atomic E-state index is 0.0395. The van der Waals surface area contributed by atoms with Gasteiger partial charge in [-0.25, -0.2) is 0 Å². The molecule has 3 N–H and O–H groups in total. The van der Waals surface area contributed by atoms with Crippen LogP contribution in [0.2, 0.25) is 0 Å². The Balaban J connectivity index is 2.25. The van der Waals surface area contributed by atoms with E-state index in [9.17, 15) is 4.79 Å². The number of anilines is 1. The van der Waals surface area contributed by atoms with Crippen LogP contribution in [0.15, 0.2) is 30.5 Å². The molecule has 1 aliphatic rings. The van der Waals surface area contributed by atoms with Gasteiger partial charge in [0.15, 0.2) is 0 Å². The van der Waals surface area contributed by atoms with Crippen molar-refractivity contribution in [1.29, 1.82) is 0 Å². The minimum atomic E-state index is -0.605. The number of piperazine rings is 1. The number of hydrogen-bond acceptors (Lipinski definition) is 4. The Kier molecular flexibility index (Phi) is 3.29. The van der Waals surface area contributed by atoms with Gasteiger partial charge in [0, 0.05) is 36.8 Å². The number of rotatable bonds is 2. The maximum atomic E-state index is 12.2. The maximum Gasteiger partial charge on any atom is 0.245 e. The number of nitrogens with zero attached hydrogens (tertiary/aromatic N) is 2. The first-order chi connectivity index (χ1) is 10.1. The van der Waals surface area contributed by atoms with Crippen molar-refractivity contribution in [3.63, 3.8) is 0 Å². The van der Waals surface area contributed by atoms with Crippen LogP contribution in [0.5, 0.6) is 0 Å². The smallest absolute Gasteiger partial charge is 0.245 e. The molecule has 1 aromatic carbocycles. The van der Waals surface area contributed by atoms with E-state index in [1.165, 1.54) is 0 Å². The minimum Gasteiger partial charge on any atom is -0.355 e. The van der Waals surface area contributed by atoms with Crippen LogP contribution in [0.1, 0.15) is 19.4 Å². The number of aromatic nitrogens is 1. The van der Waals surface area contributed by atoms with Gasteiger partial charge >= 0.3 is 0 Å². The molecule has 0 atom stereocenters. The lowest BCUT2D eigenvalue weighted by Gasteiger charge is -2.44. The third-order valence-corrected chi connectivity index (χ3v) is 4.16. The third-order valence-electron chi connectivity index (χ3n) is 4.16. The predicted octanol–water partition coefficient (Wildman–Crippen LogP) is 1.41. The van der Waals surface area contributed by atoms with E-state index < -0.39 is 5.54 Å². The van der Waals surface area contributed by atoms with Gasteiger partial charge in [0.2, 0.25) is 5.91 Å². The number of nitrogens with two attached hydrogens (primary N) is 1. The van der Waals surface area contributed by atoms with Crippen LogP contribution in [-0.4, -0.2) is 29.5 Å². The number of carbonyl (C=O) groups excluding carboxylic acids is 1. The van der Waals surface area contributed by atoms with E-state index >= 15 is 0 Å². The quantitative estimate of drug-likeness (QED) is 0.874. The maximum absolute atomic E-state index is 12.2. The fraction of sp³-hybridized carbons (Fsp3) is 0.375. The van der Waals surface area contributed by atoms with Crippen molar-refractivity contribution >= 4 is 22.5 Å². The highest BCUT2D eigenvalue weighted by Gasteiger charge is 2.39. The molecule has 5 nitrogen and oxygen atoms in total. The number of benzene rings is 1. The summed E-state index contributed by atoms with van der Waals surface area (Å²) in [5, 5.41) is 3.97. The molecule has 1 aromatic heterocycles. The summed E-state index contributed by atoms with van der Waals surface area (Å²) in [6.45, 7) is 5.69. The average Bonchev–Trinajstić information content (AvgIpc) is 2.49. The van der Waals surface area contributed by atoms with E-state index in [0.717, 1.165) is 28.7 Å². The first kappa shape index (κ1) is 13.8. The predicted molar refractivity (Wildman–Crippen MR) is 84.1 cm³/mol. The van der Waals surface area contributed by atoms with Gasteiger partial charge < -0.3 is 16.0 Å². The first-order valence-corrected chi connectivity index (χ1v) is 7.18. The summed E-state index contributed by atoms with van der Waals surface area (Å²) in [6, 6.07) is 7.98. The second-order valence-corrected chi connectivity index (χ2v) is 5.82. The molecule has 0 unspecified atom stereocenters. The van der Waals surface area contributed by atoms with Gasteiger partial charge in [-0.1, -0.05) is 18.2 Å². The molecule has 21 heavy (non-hydrogen) atoms. The van der Waals surface area contributed by atoms with E-state index in [2.05, 4.69) is 15.2 Å². The van der Waals surface area contributed by atoms with E-state index in [-0.39, 0.29) is 5.91 Å². The summed E-state index contributed by atoms with van der Waals surface area (Å²) in [5.74, 6) is 0.0395. The average molecular weight is 284 g/mol.